The summed E-state index contributed by atoms with van der Waals surface area (Å²) < 4.78 is 0. The Morgan fingerprint density at radius 2 is 2.09 bits per heavy atom. The Morgan fingerprint density at radius 3 is 2.83 bits per heavy atom. The van der Waals surface area contributed by atoms with Crippen molar-refractivity contribution in [3.8, 4) is 0 Å². The van der Waals surface area contributed by atoms with Crippen molar-refractivity contribution in [3.63, 3.8) is 0 Å². The minimum Gasteiger partial charge on any atom is -0.349 e. The van der Waals surface area contributed by atoms with Crippen LogP contribution < -0.4 is 5.32 Å². The summed E-state index contributed by atoms with van der Waals surface area (Å²) in [6.07, 6.45) is 7.44. The van der Waals surface area contributed by atoms with E-state index in [4.69, 9.17) is 11.6 Å². The molecule has 2 N–H and O–H groups in total. The molecular weight excluding hydrogens is 312 g/mol. The van der Waals surface area contributed by atoms with Crippen molar-refractivity contribution in [2.75, 3.05) is 7.05 Å². The lowest BCUT2D eigenvalue weighted by atomic mass is 9.82. The van der Waals surface area contributed by atoms with Crippen LogP contribution in [0, 0.1) is 0 Å². The summed E-state index contributed by atoms with van der Waals surface area (Å²) in [7, 11) is 2.22. The van der Waals surface area contributed by atoms with Gasteiger partial charge in [0.05, 0.1) is 17.4 Å². The molecule has 2 aliphatic heterocycles. The third kappa shape index (κ3) is 2.72. The number of piperidine rings is 2. The molecule has 23 heavy (non-hydrogen) atoms. The van der Waals surface area contributed by atoms with Gasteiger partial charge in [-0.05, 0) is 44.9 Å². The molecule has 6 heteroatoms. The van der Waals surface area contributed by atoms with Crippen LogP contribution in [0.4, 0.5) is 0 Å². The van der Waals surface area contributed by atoms with Gasteiger partial charge in [0, 0.05) is 23.1 Å². The highest BCUT2D eigenvalue weighted by molar-refractivity contribution is 6.32. The average molecular weight is 333 g/mol. The maximum absolute atomic E-state index is 12.7. The molecular formula is C17H21ClN4O. The maximum atomic E-state index is 12.7. The van der Waals surface area contributed by atoms with Crippen LogP contribution >= 0.6 is 11.6 Å². The van der Waals surface area contributed by atoms with Gasteiger partial charge in [-0.3, -0.25) is 4.79 Å². The molecule has 2 aromatic rings. The number of hydrogen-bond acceptors (Lipinski definition) is 3. The van der Waals surface area contributed by atoms with E-state index < -0.39 is 0 Å². The predicted octanol–water partition coefficient (Wildman–Crippen LogP) is 2.96. The second-order valence-corrected chi connectivity index (χ2v) is 7.23. The number of H-pyrrole nitrogens is 1. The summed E-state index contributed by atoms with van der Waals surface area (Å²) in [5, 5.41) is 3.76. The first-order valence-corrected chi connectivity index (χ1v) is 8.65. The second-order valence-electron chi connectivity index (χ2n) is 6.80. The summed E-state index contributed by atoms with van der Waals surface area (Å²) in [4.78, 5) is 22.5. The molecule has 1 aromatic carbocycles. The molecule has 5 nitrogen and oxygen atoms in total. The molecule has 1 unspecified atom stereocenters. The number of amides is 1. The lowest BCUT2D eigenvalue weighted by Crippen LogP contribution is -2.55. The van der Waals surface area contributed by atoms with Crippen LogP contribution in [-0.4, -0.2) is 45.9 Å². The molecule has 1 amide bonds. The number of aromatic nitrogens is 2. The third-order valence-corrected chi connectivity index (χ3v) is 5.63. The van der Waals surface area contributed by atoms with E-state index in [0.29, 0.717) is 28.2 Å². The van der Waals surface area contributed by atoms with Gasteiger partial charge < -0.3 is 15.2 Å². The van der Waals surface area contributed by atoms with E-state index in [0.717, 1.165) is 18.4 Å². The van der Waals surface area contributed by atoms with Gasteiger partial charge in [-0.25, -0.2) is 4.98 Å². The predicted molar refractivity (Wildman–Crippen MR) is 90.8 cm³/mol. The fourth-order valence-electron chi connectivity index (χ4n) is 4.18. The molecule has 3 heterocycles. The van der Waals surface area contributed by atoms with Crippen molar-refractivity contribution < 1.29 is 4.79 Å². The zero-order valence-electron chi connectivity index (χ0n) is 13.2. The summed E-state index contributed by atoms with van der Waals surface area (Å²) in [5.74, 6) is -0.0720. The van der Waals surface area contributed by atoms with Crippen molar-refractivity contribution in [3.05, 3.63) is 29.0 Å². The van der Waals surface area contributed by atoms with Crippen molar-refractivity contribution in [2.24, 2.45) is 0 Å². The van der Waals surface area contributed by atoms with E-state index in [-0.39, 0.29) is 11.9 Å². The monoisotopic (exact) mass is 332 g/mol. The smallest absolute Gasteiger partial charge is 0.253 e. The summed E-state index contributed by atoms with van der Waals surface area (Å²) >= 11 is 6.13. The Morgan fingerprint density at radius 1 is 1.35 bits per heavy atom. The second kappa shape index (κ2) is 5.80. The minimum atomic E-state index is -0.0720. The van der Waals surface area contributed by atoms with Gasteiger partial charge in [-0.15, -0.1) is 0 Å². The van der Waals surface area contributed by atoms with Crippen LogP contribution in [0.25, 0.3) is 11.0 Å². The first kappa shape index (κ1) is 15.0. The van der Waals surface area contributed by atoms with E-state index >= 15 is 0 Å². The quantitative estimate of drug-likeness (QED) is 0.888. The number of hydrogen-bond donors (Lipinski definition) is 2. The number of carbonyl (C=O) groups is 1. The zero-order valence-corrected chi connectivity index (χ0v) is 13.9. The van der Waals surface area contributed by atoms with Gasteiger partial charge in [0.25, 0.3) is 5.91 Å². The van der Waals surface area contributed by atoms with E-state index in [1.54, 1.807) is 18.5 Å². The molecule has 4 rings (SSSR count). The zero-order chi connectivity index (χ0) is 16.0. The molecule has 2 aliphatic rings. The van der Waals surface area contributed by atoms with Crippen LogP contribution in [-0.2, 0) is 0 Å². The molecule has 122 valence electrons. The normalized spacial score (nSPS) is 28.0. The highest BCUT2D eigenvalue weighted by Crippen LogP contribution is 2.33. The van der Waals surface area contributed by atoms with Crippen LogP contribution in [0.2, 0.25) is 5.02 Å². The fourth-order valence-corrected chi connectivity index (χ4v) is 4.40. The van der Waals surface area contributed by atoms with Crippen LogP contribution in [0.3, 0.4) is 0 Å². The minimum absolute atomic E-state index is 0.0720. The first-order valence-electron chi connectivity index (χ1n) is 8.27. The van der Waals surface area contributed by atoms with Gasteiger partial charge in [-0.1, -0.05) is 18.0 Å². The molecule has 2 saturated heterocycles. The molecule has 0 spiro atoms. The first-order chi connectivity index (χ1) is 11.1. The van der Waals surface area contributed by atoms with Crippen molar-refractivity contribution in [1.29, 1.82) is 0 Å². The number of benzene rings is 1. The van der Waals surface area contributed by atoms with Gasteiger partial charge >= 0.3 is 0 Å². The molecule has 2 bridgehead atoms. The van der Waals surface area contributed by atoms with Gasteiger partial charge in [0.2, 0.25) is 0 Å². The van der Waals surface area contributed by atoms with E-state index in [2.05, 4.69) is 27.2 Å². The van der Waals surface area contributed by atoms with Crippen molar-refractivity contribution in [1.82, 2.24) is 20.2 Å². The highest BCUT2D eigenvalue weighted by atomic mass is 35.5. The fraction of sp³-hybridized carbons (Fsp3) is 0.529. The van der Waals surface area contributed by atoms with E-state index in [1.807, 2.05) is 0 Å². The Kier molecular flexibility index (Phi) is 3.77. The summed E-state index contributed by atoms with van der Waals surface area (Å²) in [6, 6.07) is 4.92. The molecule has 0 radical (unpaired) electrons. The number of carbonyl (C=O) groups excluding carboxylic acids is 1. The number of nitrogens with zero attached hydrogens (tertiary/aromatic N) is 2. The average Bonchev–Trinajstić information content (AvgIpc) is 2.95. The number of nitrogens with one attached hydrogen (secondary N) is 2. The molecule has 0 aliphatic carbocycles. The number of aromatic amines is 1. The molecule has 3 atom stereocenters. The maximum Gasteiger partial charge on any atom is 0.253 e. The van der Waals surface area contributed by atoms with Crippen LogP contribution in [0.1, 0.15) is 42.5 Å². The van der Waals surface area contributed by atoms with Gasteiger partial charge in [-0.2, -0.15) is 0 Å². The molecule has 1 aromatic heterocycles. The summed E-state index contributed by atoms with van der Waals surface area (Å²) in [6.45, 7) is 0. The van der Waals surface area contributed by atoms with Crippen molar-refractivity contribution in [2.45, 2.75) is 50.2 Å². The standard InChI is InChI=1S/C17H21ClN4O/c1-22-12-3-2-4-13(22)8-11(7-12)21-17(23)14-5-10(18)6-15-16(14)20-9-19-15/h5-6,9,11-13H,2-4,7-8H2,1H3,(H,19,20)(H,21,23)/t11?,12-,13+. The van der Waals surface area contributed by atoms with Gasteiger partial charge in [0.1, 0.15) is 5.52 Å². The van der Waals surface area contributed by atoms with Crippen LogP contribution in [0.15, 0.2) is 18.5 Å². The van der Waals surface area contributed by atoms with Gasteiger partial charge in [0.15, 0.2) is 0 Å². The molecule has 2 fully saturated rings. The van der Waals surface area contributed by atoms with Crippen LogP contribution in [0.5, 0.6) is 0 Å². The third-order valence-electron chi connectivity index (χ3n) is 5.41. The lowest BCUT2D eigenvalue weighted by molar-refractivity contribution is 0.0463. The number of imidazole rings is 1. The Hall–Kier alpha value is -1.59. The highest BCUT2D eigenvalue weighted by Gasteiger charge is 2.36. The molecule has 0 saturated carbocycles. The summed E-state index contributed by atoms with van der Waals surface area (Å²) in [5.41, 5.74) is 2.03. The Labute approximate surface area is 140 Å². The largest absolute Gasteiger partial charge is 0.349 e. The Balaban J connectivity index is 1.54. The van der Waals surface area contributed by atoms with Crippen molar-refractivity contribution >= 4 is 28.5 Å². The SMILES string of the molecule is CN1[C@@H]2CCC[C@H]1CC(NC(=O)c1cc(Cl)cc3[nH]cnc13)C2. The number of halogens is 1. The number of rotatable bonds is 2. The van der Waals surface area contributed by atoms with E-state index in [9.17, 15) is 4.79 Å². The Bertz CT molecular complexity index is 729. The lowest BCUT2D eigenvalue weighted by Gasteiger charge is -2.47. The topological polar surface area (TPSA) is 61.0 Å². The van der Waals surface area contributed by atoms with E-state index in [1.165, 1.54) is 19.3 Å². The number of fused-ring (bicyclic) bond motifs is 3.